The molecule has 0 unspecified atom stereocenters. The zero-order valence-electron chi connectivity index (χ0n) is 15.8. The molecule has 0 spiro atoms. The molecular weight excluding hydrogens is 380 g/mol. The second kappa shape index (κ2) is 7.46. The van der Waals surface area contributed by atoms with Gasteiger partial charge in [0, 0.05) is 11.6 Å². The van der Waals surface area contributed by atoms with Gasteiger partial charge in [0.15, 0.2) is 28.8 Å². The van der Waals surface area contributed by atoms with E-state index in [1.165, 1.54) is 0 Å². The van der Waals surface area contributed by atoms with Crippen molar-refractivity contribution in [3.8, 4) is 28.7 Å². The first-order valence-corrected chi connectivity index (χ1v) is 9.31. The van der Waals surface area contributed by atoms with Crippen LogP contribution in [-0.4, -0.2) is 39.7 Å². The van der Waals surface area contributed by atoms with Crippen LogP contribution < -0.4 is 23.7 Å². The number of ketones is 1. The van der Waals surface area contributed by atoms with E-state index >= 15 is 0 Å². The lowest BCUT2D eigenvalue weighted by atomic mass is 9.94. The van der Waals surface area contributed by atoms with E-state index in [4.69, 9.17) is 33.2 Å². The second-order valence-corrected chi connectivity index (χ2v) is 6.95. The summed E-state index contributed by atoms with van der Waals surface area (Å²) < 4.78 is 38.7. The number of ether oxygens (including phenoxy) is 7. The third-order valence-corrected chi connectivity index (χ3v) is 5.22. The highest BCUT2D eigenvalue weighted by Gasteiger charge is 2.39. The van der Waals surface area contributed by atoms with Gasteiger partial charge in [-0.25, -0.2) is 0 Å². The Balaban J connectivity index is 1.30. The van der Waals surface area contributed by atoms with E-state index in [0.29, 0.717) is 29.6 Å². The first-order valence-electron chi connectivity index (χ1n) is 9.31. The van der Waals surface area contributed by atoms with Crippen LogP contribution >= 0.6 is 0 Å². The predicted octanol–water partition coefficient (Wildman–Crippen LogP) is 2.63. The minimum absolute atomic E-state index is 0.000376. The van der Waals surface area contributed by atoms with Crippen molar-refractivity contribution in [3.05, 3.63) is 41.5 Å². The number of methoxy groups -OCH3 is 1. The first kappa shape index (κ1) is 18.1. The number of carbonyl (C=O) groups is 1. The van der Waals surface area contributed by atoms with Gasteiger partial charge < -0.3 is 33.2 Å². The Bertz CT molecular complexity index is 941. The van der Waals surface area contributed by atoms with Gasteiger partial charge in [-0.1, -0.05) is 6.07 Å². The molecule has 3 aliphatic rings. The highest BCUT2D eigenvalue weighted by atomic mass is 16.7. The summed E-state index contributed by atoms with van der Waals surface area (Å²) in [6.07, 6.45) is -0.469. The number of hydrogen-bond acceptors (Lipinski definition) is 8. The van der Waals surface area contributed by atoms with Gasteiger partial charge in [-0.3, -0.25) is 4.79 Å². The summed E-state index contributed by atoms with van der Waals surface area (Å²) in [5, 5.41) is 0. The number of Topliss-reactive ketones (excluding diaryl/α,β-unsaturated/α-hetero) is 1. The summed E-state index contributed by atoms with van der Waals surface area (Å²) in [7, 11) is 1.57. The number of benzene rings is 2. The summed E-state index contributed by atoms with van der Waals surface area (Å²) in [5.74, 6) is 2.82. The van der Waals surface area contributed by atoms with Gasteiger partial charge in [0.25, 0.3) is 0 Å². The molecule has 5 rings (SSSR count). The molecule has 2 aromatic rings. The fraction of sp³-hybridized carbons (Fsp3) is 0.381. The maximum absolute atomic E-state index is 12.4. The molecule has 0 N–H and O–H groups in total. The van der Waals surface area contributed by atoms with Crippen molar-refractivity contribution >= 4 is 5.78 Å². The van der Waals surface area contributed by atoms with Crippen molar-refractivity contribution in [3.63, 3.8) is 0 Å². The van der Waals surface area contributed by atoms with E-state index in [-0.39, 0.29) is 32.6 Å². The van der Waals surface area contributed by atoms with Crippen LogP contribution in [0.3, 0.4) is 0 Å². The van der Waals surface area contributed by atoms with Crippen LogP contribution in [0.25, 0.3) is 0 Å². The molecule has 29 heavy (non-hydrogen) atoms. The van der Waals surface area contributed by atoms with E-state index in [1.54, 1.807) is 13.2 Å². The lowest BCUT2D eigenvalue weighted by molar-refractivity contribution is -0.122. The molecule has 2 atom stereocenters. The SMILES string of the molecule is COc1cc2c(cc1[C@H]1OCC(=O)[C@@H]1COCc1ccc3c(c1)OCO3)OCO2. The van der Waals surface area contributed by atoms with Crippen LogP contribution in [0.15, 0.2) is 30.3 Å². The van der Waals surface area contributed by atoms with E-state index in [9.17, 15) is 4.79 Å². The van der Waals surface area contributed by atoms with E-state index in [0.717, 1.165) is 16.9 Å². The molecule has 3 aliphatic heterocycles. The summed E-state index contributed by atoms with van der Waals surface area (Å²) in [6.45, 7) is 1.02. The van der Waals surface area contributed by atoms with E-state index < -0.39 is 12.0 Å². The molecule has 2 aromatic carbocycles. The average Bonchev–Trinajstić information content (AvgIpc) is 3.46. The van der Waals surface area contributed by atoms with Crippen LogP contribution in [0.1, 0.15) is 17.2 Å². The lowest BCUT2D eigenvalue weighted by Gasteiger charge is -2.20. The number of hydrogen-bond donors (Lipinski definition) is 0. The highest BCUT2D eigenvalue weighted by molar-refractivity contribution is 5.85. The van der Waals surface area contributed by atoms with Crippen molar-refractivity contribution in [2.24, 2.45) is 5.92 Å². The van der Waals surface area contributed by atoms with Gasteiger partial charge in [0.2, 0.25) is 13.6 Å². The Morgan fingerprint density at radius 1 is 0.966 bits per heavy atom. The Kier molecular flexibility index (Phi) is 4.65. The fourth-order valence-corrected chi connectivity index (χ4v) is 3.72. The summed E-state index contributed by atoms with van der Waals surface area (Å²) in [5.41, 5.74) is 1.69. The van der Waals surface area contributed by atoms with Gasteiger partial charge in [-0.2, -0.15) is 0 Å². The molecule has 3 heterocycles. The standard InChI is InChI=1S/C21H20O8/c1-23-17-6-20-19(28-11-29-20)5-13(17)21-14(15(22)9-25-21)8-24-7-12-2-3-16-18(4-12)27-10-26-16/h2-6,14,21H,7-11H2,1H3/t14-,21+/m0/s1. The van der Waals surface area contributed by atoms with Gasteiger partial charge in [0.05, 0.1) is 32.3 Å². The van der Waals surface area contributed by atoms with Crippen LogP contribution in [0.5, 0.6) is 28.7 Å². The van der Waals surface area contributed by atoms with Crippen molar-refractivity contribution in [2.45, 2.75) is 12.7 Å². The van der Waals surface area contributed by atoms with Gasteiger partial charge in [0.1, 0.15) is 12.4 Å². The monoisotopic (exact) mass is 400 g/mol. The molecule has 0 radical (unpaired) electrons. The summed E-state index contributed by atoms with van der Waals surface area (Å²) in [6, 6.07) is 9.22. The van der Waals surface area contributed by atoms with E-state index in [2.05, 4.69) is 0 Å². The van der Waals surface area contributed by atoms with Crippen LogP contribution in [0.4, 0.5) is 0 Å². The molecule has 8 nitrogen and oxygen atoms in total. The Morgan fingerprint density at radius 2 is 1.69 bits per heavy atom. The quantitative estimate of drug-likeness (QED) is 0.732. The largest absolute Gasteiger partial charge is 0.496 e. The van der Waals surface area contributed by atoms with Crippen molar-refractivity contribution in [1.29, 1.82) is 0 Å². The smallest absolute Gasteiger partial charge is 0.231 e. The first-order chi connectivity index (χ1) is 14.2. The Morgan fingerprint density at radius 3 is 2.48 bits per heavy atom. The highest BCUT2D eigenvalue weighted by Crippen LogP contribution is 2.45. The summed E-state index contributed by atoms with van der Waals surface area (Å²) >= 11 is 0. The zero-order chi connectivity index (χ0) is 19.8. The third-order valence-electron chi connectivity index (χ3n) is 5.22. The maximum atomic E-state index is 12.4. The molecular formula is C21H20O8. The Hall–Kier alpha value is -2.97. The molecule has 8 heteroatoms. The molecule has 0 saturated carbocycles. The molecule has 0 aliphatic carbocycles. The topological polar surface area (TPSA) is 81.7 Å². The second-order valence-electron chi connectivity index (χ2n) is 6.95. The maximum Gasteiger partial charge on any atom is 0.231 e. The van der Waals surface area contributed by atoms with Gasteiger partial charge in [-0.15, -0.1) is 0 Å². The normalized spacial score (nSPS) is 21.6. The van der Waals surface area contributed by atoms with Crippen LogP contribution in [0.2, 0.25) is 0 Å². The number of fused-ring (bicyclic) bond motifs is 2. The molecule has 0 aromatic heterocycles. The molecule has 152 valence electrons. The van der Waals surface area contributed by atoms with Crippen LogP contribution in [-0.2, 0) is 20.9 Å². The summed E-state index contributed by atoms with van der Waals surface area (Å²) in [4.78, 5) is 12.4. The predicted molar refractivity (Wildman–Crippen MR) is 98.5 cm³/mol. The molecule has 1 saturated heterocycles. The van der Waals surface area contributed by atoms with Crippen molar-refractivity contribution < 1.29 is 38.0 Å². The van der Waals surface area contributed by atoms with Gasteiger partial charge >= 0.3 is 0 Å². The molecule has 0 bridgehead atoms. The lowest BCUT2D eigenvalue weighted by Crippen LogP contribution is -2.21. The van der Waals surface area contributed by atoms with Gasteiger partial charge in [-0.05, 0) is 23.8 Å². The minimum Gasteiger partial charge on any atom is -0.496 e. The molecule has 0 amide bonds. The van der Waals surface area contributed by atoms with E-state index in [1.807, 2.05) is 24.3 Å². The third kappa shape index (κ3) is 3.34. The van der Waals surface area contributed by atoms with Crippen molar-refractivity contribution in [2.75, 3.05) is 33.9 Å². The number of carbonyl (C=O) groups excluding carboxylic acids is 1. The molecule has 1 fully saturated rings. The number of rotatable bonds is 6. The van der Waals surface area contributed by atoms with Crippen LogP contribution in [0, 0.1) is 5.92 Å². The minimum atomic E-state index is -0.469. The fourth-order valence-electron chi connectivity index (χ4n) is 3.72. The Labute approximate surface area is 167 Å². The zero-order valence-corrected chi connectivity index (χ0v) is 15.8. The average molecular weight is 400 g/mol. The van der Waals surface area contributed by atoms with Crippen molar-refractivity contribution in [1.82, 2.24) is 0 Å².